The second kappa shape index (κ2) is 13.6. The highest BCUT2D eigenvalue weighted by molar-refractivity contribution is 14.0. The molecule has 9 heteroatoms. The molecule has 0 saturated heterocycles. The SMILES string of the molecule is CN=C(NCCOc1cccc(NC(C)=O)c1)NCC(C)Oc1ccc(F)cc1.I. The smallest absolute Gasteiger partial charge is 0.221 e. The molecule has 1 amide bonds. The largest absolute Gasteiger partial charge is 0.492 e. The monoisotopic (exact) mass is 530 g/mol. The molecule has 0 radical (unpaired) electrons. The van der Waals surface area contributed by atoms with Crippen molar-refractivity contribution in [3.05, 3.63) is 54.3 Å². The van der Waals surface area contributed by atoms with Crippen LogP contribution in [0.4, 0.5) is 10.1 Å². The van der Waals surface area contributed by atoms with Crippen LogP contribution in [-0.4, -0.2) is 44.7 Å². The molecular weight excluding hydrogens is 502 g/mol. The van der Waals surface area contributed by atoms with Crippen molar-refractivity contribution < 1.29 is 18.7 Å². The lowest BCUT2D eigenvalue weighted by Crippen LogP contribution is -2.43. The van der Waals surface area contributed by atoms with Crippen molar-refractivity contribution in [3.8, 4) is 11.5 Å². The van der Waals surface area contributed by atoms with E-state index < -0.39 is 0 Å². The Labute approximate surface area is 193 Å². The summed E-state index contributed by atoms with van der Waals surface area (Å²) in [5, 5.41) is 9.04. The Morgan fingerprint density at radius 2 is 1.87 bits per heavy atom. The number of hydrogen-bond donors (Lipinski definition) is 3. The first-order valence-electron chi connectivity index (χ1n) is 9.33. The topological polar surface area (TPSA) is 84.0 Å². The summed E-state index contributed by atoms with van der Waals surface area (Å²) in [5.41, 5.74) is 0.690. The van der Waals surface area contributed by atoms with Gasteiger partial charge in [0, 0.05) is 25.7 Å². The third-order valence-electron chi connectivity index (χ3n) is 3.75. The summed E-state index contributed by atoms with van der Waals surface area (Å²) in [6.07, 6.45) is -0.133. The van der Waals surface area contributed by atoms with Gasteiger partial charge in [0.05, 0.1) is 13.1 Å². The number of carbonyl (C=O) groups is 1. The second-order valence-corrected chi connectivity index (χ2v) is 6.32. The highest BCUT2D eigenvalue weighted by atomic mass is 127. The molecule has 1 unspecified atom stereocenters. The predicted octanol–water partition coefficient (Wildman–Crippen LogP) is 3.41. The molecule has 2 aromatic carbocycles. The molecule has 0 heterocycles. The maximum Gasteiger partial charge on any atom is 0.221 e. The van der Waals surface area contributed by atoms with Gasteiger partial charge in [0.15, 0.2) is 5.96 Å². The van der Waals surface area contributed by atoms with Crippen molar-refractivity contribution in [3.63, 3.8) is 0 Å². The molecule has 30 heavy (non-hydrogen) atoms. The van der Waals surface area contributed by atoms with E-state index in [0.717, 1.165) is 0 Å². The van der Waals surface area contributed by atoms with Crippen molar-refractivity contribution in [2.45, 2.75) is 20.0 Å². The minimum absolute atomic E-state index is 0. The summed E-state index contributed by atoms with van der Waals surface area (Å²) < 4.78 is 24.3. The number of hydrogen-bond acceptors (Lipinski definition) is 4. The minimum Gasteiger partial charge on any atom is -0.492 e. The highest BCUT2D eigenvalue weighted by Crippen LogP contribution is 2.17. The molecule has 2 rings (SSSR count). The van der Waals surface area contributed by atoms with Crippen LogP contribution in [0, 0.1) is 5.82 Å². The van der Waals surface area contributed by atoms with Crippen LogP contribution in [0.3, 0.4) is 0 Å². The molecule has 0 spiro atoms. The van der Waals surface area contributed by atoms with E-state index >= 15 is 0 Å². The Balaban J connectivity index is 0.00000450. The second-order valence-electron chi connectivity index (χ2n) is 6.32. The number of amides is 1. The Morgan fingerprint density at radius 1 is 1.13 bits per heavy atom. The fourth-order valence-corrected chi connectivity index (χ4v) is 2.45. The van der Waals surface area contributed by atoms with E-state index in [1.807, 2.05) is 19.1 Å². The lowest BCUT2D eigenvalue weighted by atomic mass is 10.3. The first kappa shape index (κ1) is 25.5. The zero-order valence-corrected chi connectivity index (χ0v) is 19.6. The van der Waals surface area contributed by atoms with Gasteiger partial charge in [-0.2, -0.15) is 0 Å². The Morgan fingerprint density at radius 3 is 2.53 bits per heavy atom. The average Bonchev–Trinajstić information content (AvgIpc) is 2.69. The van der Waals surface area contributed by atoms with Crippen LogP contribution >= 0.6 is 24.0 Å². The van der Waals surface area contributed by atoms with Crippen LogP contribution in [0.5, 0.6) is 11.5 Å². The maximum atomic E-state index is 12.9. The normalized spacial score (nSPS) is 11.7. The van der Waals surface area contributed by atoms with Gasteiger partial charge < -0.3 is 25.4 Å². The molecule has 164 valence electrons. The molecular formula is C21H28FIN4O3. The van der Waals surface area contributed by atoms with E-state index in [1.165, 1.54) is 19.1 Å². The third kappa shape index (κ3) is 9.77. The number of carbonyl (C=O) groups excluding carboxylic acids is 1. The third-order valence-corrected chi connectivity index (χ3v) is 3.75. The zero-order valence-electron chi connectivity index (χ0n) is 17.3. The summed E-state index contributed by atoms with van der Waals surface area (Å²) in [5.74, 6) is 1.48. The molecule has 0 aliphatic carbocycles. The van der Waals surface area contributed by atoms with Crippen LogP contribution in [0.15, 0.2) is 53.5 Å². The lowest BCUT2D eigenvalue weighted by molar-refractivity contribution is -0.114. The number of anilines is 1. The van der Waals surface area contributed by atoms with Gasteiger partial charge in [-0.15, -0.1) is 24.0 Å². The van der Waals surface area contributed by atoms with Crippen molar-refractivity contribution in [1.82, 2.24) is 10.6 Å². The number of guanidine groups is 1. The molecule has 2 aromatic rings. The van der Waals surface area contributed by atoms with E-state index in [2.05, 4.69) is 20.9 Å². The quantitative estimate of drug-likeness (QED) is 0.200. The van der Waals surface area contributed by atoms with Crippen molar-refractivity contribution in [2.75, 3.05) is 32.1 Å². The molecule has 0 saturated carbocycles. The zero-order chi connectivity index (χ0) is 21.1. The Kier molecular flexibility index (Phi) is 11.6. The van der Waals surface area contributed by atoms with E-state index in [0.29, 0.717) is 42.8 Å². The van der Waals surface area contributed by atoms with Gasteiger partial charge in [0.2, 0.25) is 5.91 Å². The average molecular weight is 530 g/mol. The number of benzene rings is 2. The van der Waals surface area contributed by atoms with Crippen LogP contribution < -0.4 is 25.4 Å². The van der Waals surface area contributed by atoms with Crippen molar-refractivity contribution in [1.29, 1.82) is 0 Å². The van der Waals surface area contributed by atoms with Gasteiger partial charge in [-0.05, 0) is 43.3 Å². The van der Waals surface area contributed by atoms with Crippen LogP contribution in [0.25, 0.3) is 0 Å². The fourth-order valence-electron chi connectivity index (χ4n) is 2.45. The van der Waals surface area contributed by atoms with E-state index in [4.69, 9.17) is 9.47 Å². The number of halogens is 2. The van der Waals surface area contributed by atoms with Crippen molar-refractivity contribution in [2.24, 2.45) is 4.99 Å². The minimum atomic E-state index is -0.295. The molecule has 0 bridgehead atoms. The molecule has 0 aliphatic rings. The number of nitrogens with one attached hydrogen (secondary N) is 3. The van der Waals surface area contributed by atoms with E-state index in [9.17, 15) is 9.18 Å². The lowest BCUT2D eigenvalue weighted by Gasteiger charge is -2.18. The number of nitrogens with zero attached hydrogens (tertiary/aromatic N) is 1. The highest BCUT2D eigenvalue weighted by Gasteiger charge is 2.06. The van der Waals surface area contributed by atoms with E-state index in [1.54, 1.807) is 31.3 Å². The van der Waals surface area contributed by atoms with Gasteiger partial charge in [0.25, 0.3) is 0 Å². The number of rotatable bonds is 9. The van der Waals surface area contributed by atoms with Gasteiger partial charge in [-0.25, -0.2) is 4.39 Å². The molecule has 7 nitrogen and oxygen atoms in total. The maximum absolute atomic E-state index is 12.9. The molecule has 0 fully saturated rings. The number of aliphatic imine (C=N–C) groups is 1. The van der Waals surface area contributed by atoms with Crippen molar-refractivity contribution >= 4 is 41.5 Å². The van der Waals surface area contributed by atoms with Crippen LogP contribution in [0.1, 0.15) is 13.8 Å². The van der Waals surface area contributed by atoms with Crippen LogP contribution in [-0.2, 0) is 4.79 Å². The molecule has 0 aromatic heterocycles. The summed E-state index contributed by atoms with van der Waals surface area (Å²) in [7, 11) is 1.68. The first-order chi connectivity index (χ1) is 14.0. The van der Waals surface area contributed by atoms with Crippen LogP contribution in [0.2, 0.25) is 0 Å². The summed E-state index contributed by atoms with van der Waals surface area (Å²) in [6.45, 7) is 4.86. The fraction of sp³-hybridized carbons (Fsp3) is 0.333. The predicted molar refractivity (Wildman–Crippen MR) is 128 cm³/mol. The Bertz CT molecular complexity index is 818. The van der Waals surface area contributed by atoms with Gasteiger partial charge in [-0.3, -0.25) is 9.79 Å². The van der Waals surface area contributed by atoms with E-state index in [-0.39, 0.29) is 41.8 Å². The van der Waals surface area contributed by atoms with Gasteiger partial charge >= 0.3 is 0 Å². The molecule has 3 N–H and O–H groups in total. The van der Waals surface area contributed by atoms with Gasteiger partial charge in [0.1, 0.15) is 30.0 Å². The first-order valence-corrected chi connectivity index (χ1v) is 9.33. The molecule has 1 atom stereocenters. The molecule has 0 aliphatic heterocycles. The summed E-state index contributed by atoms with van der Waals surface area (Å²) in [6, 6.07) is 13.1. The number of ether oxygens (including phenoxy) is 2. The Hall–Kier alpha value is -2.56. The summed E-state index contributed by atoms with van der Waals surface area (Å²) >= 11 is 0. The standard InChI is InChI=1S/C21H27FN4O3.HI/c1-15(29-19-9-7-17(22)8-10-19)14-25-21(23-3)24-11-12-28-20-6-4-5-18(13-20)26-16(2)27;/h4-10,13,15H,11-12,14H2,1-3H3,(H,26,27)(H2,23,24,25);1H. The van der Waals surface area contributed by atoms with Gasteiger partial charge in [-0.1, -0.05) is 6.07 Å². The summed E-state index contributed by atoms with van der Waals surface area (Å²) in [4.78, 5) is 15.3.